The van der Waals surface area contributed by atoms with E-state index in [-0.39, 0.29) is 12.5 Å². The van der Waals surface area contributed by atoms with Gasteiger partial charge in [-0.25, -0.2) is 4.98 Å². The number of carbonyl (C=O) groups excluding carboxylic acids is 1. The van der Waals surface area contributed by atoms with Crippen molar-refractivity contribution in [2.24, 2.45) is 0 Å². The molecule has 1 amide bonds. The first-order chi connectivity index (χ1) is 9.60. The number of anilines is 2. The van der Waals surface area contributed by atoms with Gasteiger partial charge in [0, 0.05) is 30.2 Å². The fraction of sp³-hybridized carbons (Fsp3) is 0.333. The molecule has 0 unspecified atom stereocenters. The monoisotopic (exact) mass is 272 g/mol. The quantitative estimate of drug-likeness (QED) is 0.821. The highest BCUT2D eigenvalue weighted by Gasteiger charge is 2.08. The summed E-state index contributed by atoms with van der Waals surface area (Å²) < 4.78 is 1.87. The van der Waals surface area contributed by atoms with Gasteiger partial charge in [0.25, 0.3) is 0 Å². The standard InChI is InChI=1S/C15H20N4O/c1-3-4-14-17-7-8-19(14)10-15(20)18-12-6-5-11(2)13(16)9-12/h5-9H,3-4,10,16H2,1-2H3,(H,18,20). The van der Waals surface area contributed by atoms with Gasteiger partial charge in [0.1, 0.15) is 12.4 Å². The summed E-state index contributed by atoms with van der Waals surface area (Å²) in [6.45, 7) is 4.29. The van der Waals surface area contributed by atoms with E-state index >= 15 is 0 Å². The number of aromatic nitrogens is 2. The highest BCUT2D eigenvalue weighted by molar-refractivity contribution is 5.91. The maximum Gasteiger partial charge on any atom is 0.244 e. The molecule has 0 saturated heterocycles. The van der Waals surface area contributed by atoms with E-state index in [4.69, 9.17) is 5.73 Å². The lowest BCUT2D eigenvalue weighted by molar-refractivity contribution is -0.116. The maximum absolute atomic E-state index is 12.0. The lowest BCUT2D eigenvalue weighted by Gasteiger charge is -2.09. The van der Waals surface area contributed by atoms with Crippen LogP contribution in [-0.4, -0.2) is 15.5 Å². The van der Waals surface area contributed by atoms with Crippen LogP contribution in [0.15, 0.2) is 30.6 Å². The van der Waals surface area contributed by atoms with Gasteiger partial charge in [-0.2, -0.15) is 0 Å². The Balaban J connectivity index is 2.01. The van der Waals surface area contributed by atoms with Gasteiger partial charge in [-0.3, -0.25) is 4.79 Å². The number of nitrogens with zero attached hydrogens (tertiary/aromatic N) is 2. The van der Waals surface area contributed by atoms with E-state index in [1.54, 1.807) is 12.3 Å². The van der Waals surface area contributed by atoms with Crippen molar-refractivity contribution in [3.05, 3.63) is 42.0 Å². The average molecular weight is 272 g/mol. The Morgan fingerprint density at radius 2 is 2.25 bits per heavy atom. The first-order valence-corrected chi connectivity index (χ1v) is 6.76. The summed E-state index contributed by atoms with van der Waals surface area (Å²) in [6.07, 6.45) is 5.43. The van der Waals surface area contributed by atoms with Gasteiger partial charge in [-0.1, -0.05) is 13.0 Å². The molecule has 5 nitrogen and oxygen atoms in total. The van der Waals surface area contributed by atoms with Crippen molar-refractivity contribution in [1.82, 2.24) is 9.55 Å². The summed E-state index contributed by atoms with van der Waals surface area (Å²) in [7, 11) is 0. The number of nitrogen functional groups attached to an aromatic ring is 1. The van der Waals surface area contributed by atoms with Crippen LogP contribution in [0.25, 0.3) is 0 Å². The predicted octanol–water partition coefficient (Wildman–Crippen LogP) is 2.36. The predicted molar refractivity (Wildman–Crippen MR) is 80.4 cm³/mol. The SMILES string of the molecule is CCCc1nccn1CC(=O)Nc1ccc(C)c(N)c1. The molecule has 0 atom stereocenters. The first kappa shape index (κ1) is 14.1. The lowest BCUT2D eigenvalue weighted by atomic mass is 10.2. The molecule has 106 valence electrons. The smallest absolute Gasteiger partial charge is 0.244 e. The minimum atomic E-state index is -0.0800. The molecule has 0 saturated carbocycles. The van der Waals surface area contributed by atoms with Gasteiger partial charge < -0.3 is 15.6 Å². The van der Waals surface area contributed by atoms with Crippen LogP contribution in [0.3, 0.4) is 0 Å². The molecular weight excluding hydrogens is 252 g/mol. The molecule has 3 N–H and O–H groups in total. The van der Waals surface area contributed by atoms with Crippen molar-refractivity contribution in [3.8, 4) is 0 Å². The molecule has 1 aromatic heterocycles. The largest absolute Gasteiger partial charge is 0.398 e. The fourth-order valence-corrected chi connectivity index (χ4v) is 2.01. The molecule has 0 aliphatic carbocycles. The van der Waals surface area contributed by atoms with Gasteiger partial charge in [-0.05, 0) is 31.0 Å². The number of imidazole rings is 1. The highest BCUT2D eigenvalue weighted by atomic mass is 16.1. The highest BCUT2D eigenvalue weighted by Crippen LogP contribution is 2.16. The van der Waals surface area contributed by atoms with E-state index in [2.05, 4.69) is 17.2 Å². The number of aryl methyl sites for hydroxylation is 2. The molecule has 1 aromatic carbocycles. The maximum atomic E-state index is 12.0. The summed E-state index contributed by atoms with van der Waals surface area (Å²) in [6, 6.07) is 5.52. The number of benzene rings is 1. The average Bonchev–Trinajstić information content (AvgIpc) is 2.82. The molecule has 0 fully saturated rings. The van der Waals surface area contributed by atoms with E-state index in [9.17, 15) is 4.79 Å². The molecule has 20 heavy (non-hydrogen) atoms. The number of rotatable bonds is 5. The fourth-order valence-electron chi connectivity index (χ4n) is 2.01. The molecular formula is C15H20N4O. The van der Waals surface area contributed by atoms with Crippen molar-refractivity contribution in [3.63, 3.8) is 0 Å². The second-order valence-corrected chi connectivity index (χ2v) is 4.84. The van der Waals surface area contributed by atoms with Gasteiger partial charge in [0.05, 0.1) is 0 Å². The van der Waals surface area contributed by atoms with E-state index in [0.717, 1.165) is 29.9 Å². The second kappa shape index (κ2) is 6.23. The summed E-state index contributed by atoms with van der Waals surface area (Å²) in [5.41, 5.74) is 8.23. The third kappa shape index (κ3) is 3.38. The molecule has 5 heteroatoms. The van der Waals surface area contributed by atoms with Gasteiger partial charge in [0.2, 0.25) is 5.91 Å². The third-order valence-electron chi connectivity index (χ3n) is 3.15. The molecule has 2 rings (SSSR count). The van der Waals surface area contributed by atoms with Gasteiger partial charge >= 0.3 is 0 Å². The van der Waals surface area contributed by atoms with Crippen molar-refractivity contribution in [2.75, 3.05) is 11.1 Å². The molecule has 1 heterocycles. The molecule has 0 aliphatic rings. The summed E-state index contributed by atoms with van der Waals surface area (Å²) in [5, 5.41) is 2.85. The third-order valence-corrected chi connectivity index (χ3v) is 3.15. The Bertz CT molecular complexity index is 604. The molecule has 0 spiro atoms. The minimum absolute atomic E-state index is 0.0800. The number of nitrogens with two attached hydrogens (primary N) is 1. The van der Waals surface area contributed by atoms with Crippen LogP contribution in [0.1, 0.15) is 24.7 Å². The molecule has 0 radical (unpaired) electrons. The van der Waals surface area contributed by atoms with Crippen molar-refractivity contribution >= 4 is 17.3 Å². The Morgan fingerprint density at radius 3 is 2.95 bits per heavy atom. The zero-order valence-electron chi connectivity index (χ0n) is 11.9. The van der Waals surface area contributed by atoms with Crippen molar-refractivity contribution in [1.29, 1.82) is 0 Å². The van der Waals surface area contributed by atoms with Crippen molar-refractivity contribution in [2.45, 2.75) is 33.2 Å². The Morgan fingerprint density at radius 1 is 1.45 bits per heavy atom. The van der Waals surface area contributed by atoms with Crippen LogP contribution in [0.2, 0.25) is 0 Å². The molecule has 0 aliphatic heterocycles. The Hall–Kier alpha value is -2.30. The van der Waals surface area contributed by atoms with Crippen LogP contribution < -0.4 is 11.1 Å². The summed E-state index contributed by atoms with van der Waals surface area (Å²) in [4.78, 5) is 16.3. The Labute approximate surface area is 118 Å². The normalized spacial score (nSPS) is 10.5. The molecule has 2 aromatic rings. The minimum Gasteiger partial charge on any atom is -0.398 e. The van der Waals surface area contributed by atoms with Crippen molar-refractivity contribution < 1.29 is 4.79 Å². The van der Waals surface area contributed by atoms with Crippen LogP contribution in [0.4, 0.5) is 11.4 Å². The van der Waals surface area contributed by atoms with Crippen LogP contribution in [-0.2, 0) is 17.8 Å². The zero-order chi connectivity index (χ0) is 14.5. The summed E-state index contributed by atoms with van der Waals surface area (Å²) >= 11 is 0. The number of amides is 1. The van der Waals surface area contributed by atoms with Gasteiger partial charge in [0.15, 0.2) is 0 Å². The number of hydrogen-bond acceptors (Lipinski definition) is 3. The lowest BCUT2D eigenvalue weighted by Crippen LogP contribution is -2.19. The Kier molecular flexibility index (Phi) is 4.40. The van der Waals surface area contributed by atoms with E-state index in [1.165, 1.54) is 0 Å². The van der Waals surface area contributed by atoms with E-state index < -0.39 is 0 Å². The number of carbonyl (C=O) groups is 1. The van der Waals surface area contributed by atoms with E-state index in [0.29, 0.717) is 5.69 Å². The molecule has 0 bridgehead atoms. The van der Waals surface area contributed by atoms with E-state index in [1.807, 2.05) is 29.8 Å². The number of hydrogen-bond donors (Lipinski definition) is 2. The van der Waals surface area contributed by atoms with Crippen LogP contribution in [0.5, 0.6) is 0 Å². The van der Waals surface area contributed by atoms with Gasteiger partial charge in [-0.15, -0.1) is 0 Å². The van der Waals surface area contributed by atoms with Crippen LogP contribution >= 0.6 is 0 Å². The number of nitrogens with one attached hydrogen (secondary N) is 1. The zero-order valence-corrected chi connectivity index (χ0v) is 11.9. The summed E-state index contributed by atoms with van der Waals surface area (Å²) in [5.74, 6) is 0.856. The second-order valence-electron chi connectivity index (χ2n) is 4.84. The first-order valence-electron chi connectivity index (χ1n) is 6.76. The van der Waals surface area contributed by atoms with Crippen LogP contribution in [0, 0.1) is 6.92 Å². The topological polar surface area (TPSA) is 72.9 Å².